The van der Waals surface area contributed by atoms with Crippen LogP contribution in [0.5, 0.6) is 0 Å². The van der Waals surface area contributed by atoms with Crippen molar-refractivity contribution in [1.29, 1.82) is 0 Å². The van der Waals surface area contributed by atoms with Crippen LogP contribution in [0.1, 0.15) is 37.2 Å². The van der Waals surface area contributed by atoms with Gasteiger partial charge in [-0.25, -0.2) is 0 Å². The third kappa shape index (κ3) is 6.36. The second-order valence-electron chi connectivity index (χ2n) is 6.17. The summed E-state index contributed by atoms with van der Waals surface area (Å²) in [6, 6.07) is 10.5. The maximum atomic E-state index is 12.5. The number of rotatable bonds is 7. The Morgan fingerprint density at radius 2 is 1.68 bits per heavy atom. The van der Waals surface area contributed by atoms with E-state index in [1.807, 2.05) is 12.1 Å². The highest BCUT2D eigenvalue weighted by Crippen LogP contribution is 2.29. The molecule has 5 nitrogen and oxygen atoms in total. The molecule has 1 aromatic carbocycles. The van der Waals surface area contributed by atoms with Gasteiger partial charge in [0.15, 0.2) is 5.78 Å². The Balaban J connectivity index is 2.16. The van der Waals surface area contributed by atoms with Crippen molar-refractivity contribution in [3.63, 3.8) is 0 Å². The maximum absolute atomic E-state index is 12.5. The second kappa shape index (κ2) is 11.2. The molecule has 25 heavy (non-hydrogen) atoms. The van der Waals surface area contributed by atoms with Crippen LogP contribution < -0.4 is 0 Å². The second-order valence-corrected chi connectivity index (χ2v) is 6.17. The molecule has 5 heteroatoms. The van der Waals surface area contributed by atoms with Gasteiger partial charge >= 0.3 is 0 Å². The van der Waals surface area contributed by atoms with Crippen LogP contribution in [-0.4, -0.2) is 45.8 Å². The summed E-state index contributed by atoms with van der Waals surface area (Å²) in [5.74, 6) is 0.340. The van der Waals surface area contributed by atoms with E-state index in [9.17, 15) is 4.79 Å². The van der Waals surface area contributed by atoms with Crippen molar-refractivity contribution in [2.24, 2.45) is 0 Å². The van der Waals surface area contributed by atoms with Gasteiger partial charge in [0.05, 0.1) is 6.10 Å². The minimum atomic E-state index is -0.680. The van der Waals surface area contributed by atoms with Crippen molar-refractivity contribution in [3.05, 3.63) is 48.0 Å². The van der Waals surface area contributed by atoms with E-state index < -0.39 is 6.10 Å². The van der Waals surface area contributed by atoms with E-state index in [0.717, 1.165) is 25.7 Å². The number of allylic oxidation sites excluding steroid dienone is 1. The first-order valence-electron chi connectivity index (χ1n) is 8.72. The third-order valence-corrected chi connectivity index (χ3v) is 4.42. The number of methoxy groups -OCH3 is 2. The van der Waals surface area contributed by atoms with Crippen LogP contribution in [0.15, 0.2) is 42.5 Å². The van der Waals surface area contributed by atoms with Gasteiger partial charge in [0, 0.05) is 14.2 Å². The smallest absolute Gasteiger partial charge is 0.186 e. The molecule has 138 valence electrons. The van der Waals surface area contributed by atoms with Gasteiger partial charge in [-0.3, -0.25) is 4.79 Å². The monoisotopic (exact) mass is 348 g/mol. The van der Waals surface area contributed by atoms with E-state index in [2.05, 4.69) is 24.3 Å². The normalized spacial score (nSPS) is 26.3. The van der Waals surface area contributed by atoms with Crippen molar-refractivity contribution >= 4 is 5.78 Å². The number of ether oxygens (including phenoxy) is 4. The zero-order valence-electron chi connectivity index (χ0n) is 15.1. The molecule has 0 aromatic heterocycles. The van der Waals surface area contributed by atoms with Crippen molar-refractivity contribution in [3.8, 4) is 0 Å². The van der Waals surface area contributed by atoms with E-state index in [-0.39, 0.29) is 25.5 Å². The first-order valence-corrected chi connectivity index (χ1v) is 8.72. The molecule has 0 radical (unpaired) electrons. The summed E-state index contributed by atoms with van der Waals surface area (Å²) in [6.07, 6.45) is 6.01. The number of carbonyl (C=O) groups excluding carboxylic acids is 1. The van der Waals surface area contributed by atoms with E-state index in [1.54, 1.807) is 13.2 Å². The van der Waals surface area contributed by atoms with Crippen LogP contribution in [0.25, 0.3) is 0 Å². The summed E-state index contributed by atoms with van der Waals surface area (Å²) >= 11 is 0. The molecule has 0 amide bonds. The van der Waals surface area contributed by atoms with Crippen LogP contribution in [0.3, 0.4) is 0 Å². The lowest BCUT2D eigenvalue weighted by molar-refractivity contribution is -0.169. The summed E-state index contributed by atoms with van der Waals surface area (Å²) in [4.78, 5) is 12.5. The van der Waals surface area contributed by atoms with Gasteiger partial charge in [-0.05, 0) is 43.2 Å². The molecule has 0 N–H and O–H groups in total. The van der Waals surface area contributed by atoms with Crippen LogP contribution in [-0.2, 0) is 23.7 Å². The Bertz CT molecular complexity index is 528. The average molecular weight is 348 g/mol. The molecule has 1 aromatic rings. The zero-order valence-corrected chi connectivity index (χ0v) is 15.1. The lowest BCUT2D eigenvalue weighted by Crippen LogP contribution is -2.39. The number of hydrogen-bond acceptors (Lipinski definition) is 5. The fraction of sp³-hybridized carbons (Fsp3) is 0.550. The zero-order chi connectivity index (χ0) is 17.9. The highest BCUT2D eigenvalue weighted by atomic mass is 16.7. The quantitative estimate of drug-likeness (QED) is 0.707. The van der Waals surface area contributed by atoms with Gasteiger partial charge in [-0.2, -0.15) is 0 Å². The van der Waals surface area contributed by atoms with E-state index >= 15 is 0 Å². The minimum Gasteiger partial charge on any atom is -0.359 e. The van der Waals surface area contributed by atoms with Gasteiger partial charge in [-0.1, -0.05) is 36.4 Å². The van der Waals surface area contributed by atoms with Crippen LogP contribution in [0.2, 0.25) is 0 Å². The summed E-state index contributed by atoms with van der Waals surface area (Å²) < 4.78 is 21.4. The largest absolute Gasteiger partial charge is 0.359 e. The minimum absolute atomic E-state index is 0.0548. The SMILES string of the molecule is COCOC1CCC(c2ccccc2)CC/C=C\C(=O)C1OCOC. The predicted octanol–water partition coefficient (Wildman–Crippen LogP) is 3.45. The standard InChI is InChI=1S/C20H28O5/c1-22-14-24-19-13-12-17(16-8-4-3-5-9-16)10-6-7-11-18(21)20(19)25-15-23-2/h3-5,7-9,11,17,19-20H,6,10,12-15H2,1-2H3/b11-7-. The molecule has 0 spiro atoms. The highest BCUT2D eigenvalue weighted by molar-refractivity contribution is 5.94. The van der Waals surface area contributed by atoms with Crippen LogP contribution in [0.4, 0.5) is 0 Å². The van der Waals surface area contributed by atoms with E-state index in [4.69, 9.17) is 18.9 Å². The number of benzene rings is 1. The summed E-state index contributed by atoms with van der Waals surface area (Å²) in [7, 11) is 3.11. The third-order valence-electron chi connectivity index (χ3n) is 4.42. The average Bonchev–Trinajstić information content (AvgIpc) is 2.65. The topological polar surface area (TPSA) is 54.0 Å². The Morgan fingerprint density at radius 3 is 2.40 bits per heavy atom. The lowest BCUT2D eigenvalue weighted by atomic mass is 9.87. The first-order chi connectivity index (χ1) is 12.3. The molecule has 0 fully saturated rings. The van der Waals surface area contributed by atoms with Crippen molar-refractivity contribution in [2.45, 2.75) is 43.8 Å². The molecule has 0 aliphatic heterocycles. The number of carbonyl (C=O) groups is 1. The fourth-order valence-electron chi connectivity index (χ4n) is 3.15. The van der Waals surface area contributed by atoms with Gasteiger partial charge in [-0.15, -0.1) is 0 Å². The molecule has 2 rings (SSSR count). The highest BCUT2D eigenvalue weighted by Gasteiger charge is 2.30. The maximum Gasteiger partial charge on any atom is 0.186 e. The van der Waals surface area contributed by atoms with Crippen LogP contribution >= 0.6 is 0 Å². The van der Waals surface area contributed by atoms with E-state index in [1.165, 1.54) is 12.7 Å². The molecule has 3 atom stereocenters. The Hall–Kier alpha value is -1.53. The molecule has 3 unspecified atom stereocenters. The Kier molecular flexibility index (Phi) is 8.83. The molecule has 0 heterocycles. The molecule has 0 saturated heterocycles. The number of ketones is 1. The van der Waals surface area contributed by atoms with Gasteiger partial charge < -0.3 is 18.9 Å². The molecule has 0 bridgehead atoms. The van der Waals surface area contributed by atoms with Gasteiger partial charge in [0.2, 0.25) is 0 Å². The lowest BCUT2D eigenvalue weighted by Gasteiger charge is -2.28. The van der Waals surface area contributed by atoms with Crippen molar-refractivity contribution in [2.75, 3.05) is 27.8 Å². The van der Waals surface area contributed by atoms with Gasteiger partial charge in [0.1, 0.15) is 19.7 Å². The molecule has 0 saturated carbocycles. The first kappa shape index (κ1) is 19.8. The Morgan fingerprint density at radius 1 is 0.960 bits per heavy atom. The fourth-order valence-corrected chi connectivity index (χ4v) is 3.15. The summed E-state index contributed by atoms with van der Waals surface area (Å²) in [6.45, 7) is 0.184. The number of hydrogen-bond donors (Lipinski definition) is 0. The molecular formula is C20H28O5. The summed E-state index contributed by atoms with van der Waals surface area (Å²) in [5.41, 5.74) is 1.32. The van der Waals surface area contributed by atoms with Crippen LogP contribution in [0, 0.1) is 0 Å². The predicted molar refractivity (Wildman–Crippen MR) is 95.3 cm³/mol. The molecule has 1 aliphatic carbocycles. The van der Waals surface area contributed by atoms with Crippen molar-refractivity contribution in [1.82, 2.24) is 0 Å². The Labute approximate surface area is 149 Å². The summed E-state index contributed by atoms with van der Waals surface area (Å²) in [5, 5.41) is 0. The molecule has 1 aliphatic rings. The molecular weight excluding hydrogens is 320 g/mol. The van der Waals surface area contributed by atoms with Crippen molar-refractivity contribution < 1.29 is 23.7 Å². The van der Waals surface area contributed by atoms with Gasteiger partial charge in [0.25, 0.3) is 0 Å². The van der Waals surface area contributed by atoms with E-state index in [0.29, 0.717) is 5.92 Å².